The first-order chi connectivity index (χ1) is 8.47. The van der Waals surface area contributed by atoms with Crippen LogP contribution in [0.5, 0.6) is 5.75 Å². The van der Waals surface area contributed by atoms with Crippen molar-refractivity contribution in [2.45, 2.75) is 38.9 Å². The molecular formula is C12H19BClFO3Si. The van der Waals surface area contributed by atoms with E-state index in [-0.39, 0.29) is 21.3 Å². The van der Waals surface area contributed by atoms with Crippen molar-refractivity contribution < 1.29 is 18.9 Å². The van der Waals surface area contributed by atoms with E-state index in [0.717, 1.165) is 0 Å². The monoisotopic (exact) mass is 304 g/mol. The van der Waals surface area contributed by atoms with Crippen LogP contribution in [0, 0.1) is 5.82 Å². The number of benzene rings is 1. The Morgan fingerprint density at radius 1 is 1.26 bits per heavy atom. The van der Waals surface area contributed by atoms with E-state index in [9.17, 15) is 4.39 Å². The summed E-state index contributed by atoms with van der Waals surface area (Å²) in [7, 11) is -4.14. The highest BCUT2D eigenvalue weighted by atomic mass is 35.5. The first kappa shape index (κ1) is 16.5. The fourth-order valence-corrected chi connectivity index (χ4v) is 2.51. The van der Waals surface area contributed by atoms with E-state index in [2.05, 4.69) is 0 Å². The van der Waals surface area contributed by atoms with Gasteiger partial charge in [-0.25, -0.2) is 4.39 Å². The number of hydrogen-bond acceptors (Lipinski definition) is 3. The van der Waals surface area contributed by atoms with Crippen LogP contribution in [-0.2, 0) is 0 Å². The molecule has 0 saturated heterocycles. The van der Waals surface area contributed by atoms with Crippen molar-refractivity contribution in [3.05, 3.63) is 23.0 Å². The van der Waals surface area contributed by atoms with Gasteiger partial charge in [0.25, 0.3) is 8.32 Å². The zero-order valence-corrected chi connectivity index (χ0v) is 13.5. The van der Waals surface area contributed by atoms with Gasteiger partial charge in [0.15, 0.2) is 11.6 Å². The van der Waals surface area contributed by atoms with E-state index in [1.165, 1.54) is 12.1 Å². The van der Waals surface area contributed by atoms with E-state index in [4.69, 9.17) is 26.1 Å². The van der Waals surface area contributed by atoms with Gasteiger partial charge in [-0.2, -0.15) is 0 Å². The largest absolute Gasteiger partial charge is 0.541 e. The summed E-state index contributed by atoms with van der Waals surface area (Å²) < 4.78 is 20.0. The van der Waals surface area contributed by atoms with Gasteiger partial charge < -0.3 is 14.5 Å². The van der Waals surface area contributed by atoms with Gasteiger partial charge in [0.05, 0.1) is 5.02 Å². The van der Waals surface area contributed by atoms with Crippen LogP contribution in [0.4, 0.5) is 4.39 Å². The highest BCUT2D eigenvalue weighted by Crippen LogP contribution is 2.39. The molecule has 0 unspecified atom stereocenters. The van der Waals surface area contributed by atoms with Crippen molar-refractivity contribution in [1.29, 1.82) is 0 Å². The van der Waals surface area contributed by atoms with Crippen LogP contribution in [0.2, 0.25) is 23.2 Å². The Morgan fingerprint density at radius 2 is 1.79 bits per heavy atom. The lowest BCUT2D eigenvalue weighted by Crippen LogP contribution is -2.45. The van der Waals surface area contributed by atoms with Crippen LogP contribution in [-0.4, -0.2) is 25.5 Å². The van der Waals surface area contributed by atoms with Crippen LogP contribution >= 0.6 is 11.6 Å². The molecule has 0 aliphatic carbocycles. The van der Waals surface area contributed by atoms with Crippen molar-refractivity contribution in [3.63, 3.8) is 0 Å². The Morgan fingerprint density at radius 3 is 2.21 bits per heavy atom. The third-order valence-electron chi connectivity index (χ3n) is 3.52. The van der Waals surface area contributed by atoms with Crippen molar-refractivity contribution in [2.24, 2.45) is 0 Å². The zero-order valence-electron chi connectivity index (χ0n) is 11.8. The van der Waals surface area contributed by atoms with E-state index >= 15 is 0 Å². The van der Waals surface area contributed by atoms with Crippen molar-refractivity contribution >= 4 is 32.5 Å². The molecule has 0 aliphatic heterocycles. The Labute approximate surface area is 119 Å². The van der Waals surface area contributed by atoms with Gasteiger partial charge in [-0.1, -0.05) is 38.4 Å². The molecule has 1 aromatic rings. The quantitative estimate of drug-likeness (QED) is 0.844. The SMILES string of the molecule is CC(C)(C)[Si](C)(C)Oc1c(Cl)ccc(B(O)O)c1F. The van der Waals surface area contributed by atoms with Crippen LogP contribution in [0.1, 0.15) is 20.8 Å². The molecule has 2 N–H and O–H groups in total. The molecule has 0 heterocycles. The van der Waals surface area contributed by atoms with Crippen LogP contribution in [0.25, 0.3) is 0 Å². The lowest BCUT2D eigenvalue weighted by atomic mass is 9.80. The molecule has 3 nitrogen and oxygen atoms in total. The van der Waals surface area contributed by atoms with Gasteiger partial charge in [-0.3, -0.25) is 0 Å². The summed E-state index contributed by atoms with van der Waals surface area (Å²) in [6.45, 7) is 10.00. The van der Waals surface area contributed by atoms with Crippen LogP contribution in [0.3, 0.4) is 0 Å². The van der Waals surface area contributed by atoms with Crippen molar-refractivity contribution in [2.75, 3.05) is 0 Å². The molecule has 0 aliphatic rings. The standard InChI is InChI=1S/C12H19BClFO3Si/c1-12(2,3)19(4,5)18-11-9(14)7-6-8(10(11)15)13(16)17/h6-7,16-17H,1-5H3. The molecule has 7 heteroatoms. The minimum absolute atomic E-state index is 0.0983. The van der Waals surface area contributed by atoms with E-state index in [1.54, 1.807) is 0 Å². The number of hydrogen-bond donors (Lipinski definition) is 2. The molecule has 0 aromatic heterocycles. The molecule has 0 bridgehead atoms. The maximum atomic E-state index is 14.2. The summed E-state index contributed by atoms with van der Waals surface area (Å²) in [6, 6.07) is 2.64. The second-order valence-electron chi connectivity index (χ2n) is 6.02. The molecule has 0 saturated carbocycles. The predicted molar refractivity (Wildman–Crippen MR) is 79.1 cm³/mol. The van der Waals surface area contributed by atoms with Gasteiger partial charge in [-0.05, 0) is 24.2 Å². The van der Waals surface area contributed by atoms with Crippen LogP contribution in [0.15, 0.2) is 12.1 Å². The molecule has 19 heavy (non-hydrogen) atoms. The van der Waals surface area contributed by atoms with Gasteiger partial charge in [0.1, 0.15) is 0 Å². The smallest absolute Gasteiger partial charge is 0.491 e. The summed E-state index contributed by atoms with van der Waals surface area (Å²) in [5.41, 5.74) is -0.238. The second kappa shape index (κ2) is 5.44. The van der Waals surface area contributed by atoms with Gasteiger partial charge in [0, 0.05) is 5.46 Å². The normalized spacial score (nSPS) is 12.5. The lowest BCUT2D eigenvalue weighted by Gasteiger charge is -2.36. The van der Waals surface area contributed by atoms with E-state index in [0.29, 0.717) is 0 Å². The molecule has 1 aromatic carbocycles. The van der Waals surface area contributed by atoms with Crippen molar-refractivity contribution in [1.82, 2.24) is 0 Å². The molecule has 106 valence electrons. The summed E-state index contributed by atoms with van der Waals surface area (Å²) in [5.74, 6) is -0.911. The van der Waals surface area contributed by atoms with Gasteiger partial charge in [0.2, 0.25) is 0 Å². The molecule has 0 spiro atoms. The summed E-state index contributed by atoms with van der Waals surface area (Å²) in [5, 5.41) is 18.2. The minimum atomic E-state index is -2.25. The number of rotatable bonds is 3. The van der Waals surface area contributed by atoms with E-state index in [1.807, 2.05) is 33.9 Å². The van der Waals surface area contributed by atoms with Gasteiger partial charge >= 0.3 is 7.12 Å². The Bertz CT molecular complexity index is 475. The van der Waals surface area contributed by atoms with E-state index < -0.39 is 21.3 Å². The zero-order chi connectivity index (χ0) is 15.0. The Hall–Kier alpha value is -0.558. The molecule has 1 rings (SSSR count). The molecule has 0 amide bonds. The topological polar surface area (TPSA) is 49.7 Å². The predicted octanol–water partition coefficient (Wildman–Crippen LogP) is 2.54. The third kappa shape index (κ3) is 3.51. The first-order valence-corrected chi connectivity index (χ1v) is 9.29. The fraction of sp³-hybridized carbons (Fsp3) is 0.500. The average Bonchev–Trinajstić information content (AvgIpc) is 2.21. The van der Waals surface area contributed by atoms with Crippen molar-refractivity contribution in [3.8, 4) is 5.75 Å². The summed E-state index contributed by atoms with van der Waals surface area (Å²) >= 11 is 5.96. The Balaban J connectivity index is 3.25. The highest BCUT2D eigenvalue weighted by molar-refractivity contribution is 6.74. The maximum Gasteiger partial charge on any atom is 0.491 e. The lowest BCUT2D eigenvalue weighted by molar-refractivity contribution is 0.419. The minimum Gasteiger partial charge on any atom is -0.541 e. The molecule has 0 radical (unpaired) electrons. The molecular weight excluding hydrogens is 285 g/mol. The molecule has 0 atom stereocenters. The molecule has 0 fully saturated rings. The summed E-state index contributed by atoms with van der Waals surface area (Å²) in [6.07, 6.45) is 0. The second-order valence-corrected chi connectivity index (χ2v) is 11.1. The maximum absolute atomic E-state index is 14.2. The highest BCUT2D eigenvalue weighted by Gasteiger charge is 2.40. The Kier molecular flexibility index (Phi) is 4.72. The first-order valence-electron chi connectivity index (χ1n) is 6.00. The van der Waals surface area contributed by atoms with Gasteiger partial charge in [-0.15, -0.1) is 0 Å². The fourth-order valence-electron chi connectivity index (χ4n) is 1.25. The summed E-state index contributed by atoms with van der Waals surface area (Å²) in [4.78, 5) is 0. The number of halogens is 2. The van der Waals surface area contributed by atoms with Crippen LogP contribution < -0.4 is 9.89 Å². The average molecular weight is 305 g/mol. The third-order valence-corrected chi connectivity index (χ3v) is 8.14.